The summed E-state index contributed by atoms with van der Waals surface area (Å²) in [4.78, 5) is 12.3. The molecule has 0 saturated carbocycles. The second-order valence-corrected chi connectivity index (χ2v) is 16.7. The molecule has 302 valence electrons. The van der Waals surface area contributed by atoms with Gasteiger partial charge in [-0.1, -0.05) is 88.6 Å². The number of nitrogens with one attached hydrogen (secondary N) is 1. The topological polar surface area (TPSA) is 125 Å². The molecule has 0 atom stereocenters. The zero-order valence-corrected chi connectivity index (χ0v) is 32.5. The number of hydrogen-bond acceptors (Lipinski definition) is 6. The lowest BCUT2D eigenvalue weighted by Crippen LogP contribution is -2.41. The van der Waals surface area contributed by atoms with E-state index >= 15 is 0 Å². The summed E-state index contributed by atoms with van der Waals surface area (Å²) < 4.78 is 117. The highest BCUT2D eigenvalue weighted by molar-refractivity contribution is 8.13. The first kappa shape index (κ1) is 47.8. The quantitative estimate of drug-likeness (QED) is 0.0762. The van der Waals surface area contributed by atoms with E-state index in [1.165, 1.54) is 76.2 Å². The molecule has 1 amide bonds. The van der Waals surface area contributed by atoms with Crippen molar-refractivity contribution in [3.05, 3.63) is 76.2 Å². The average molecular weight is 802 g/mol. The third-order valence-corrected chi connectivity index (χ3v) is 10.8. The van der Waals surface area contributed by atoms with Crippen LogP contribution in [-0.4, -0.2) is 40.6 Å². The number of amides is 1. The van der Waals surface area contributed by atoms with Crippen LogP contribution in [0.5, 0.6) is 0 Å². The fourth-order valence-electron chi connectivity index (χ4n) is 4.93. The highest BCUT2D eigenvalue weighted by Gasteiger charge is 2.47. The van der Waals surface area contributed by atoms with Crippen LogP contribution in [-0.2, 0) is 43.3 Å². The minimum absolute atomic E-state index is 0.352. The third kappa shape index (κ3) is 18.6. The van der Waals surface area contributed by atoms with E-state index in [9.17, 15) is 48.0 Å². The number of ether oxygens (including phenoxy) is 1. The Morgan fingerprint density at radius 1 is 0.792 bits per heavy atom. The van der Waals surface area contributed by atoms with Crippen LogP contribution in [0.25, 0.3) is 9.70 Å². The highest BCUT2D eigenvalue weighted by atomic mass is 32.3. The monoisotopic (exact) mass is 801 g/mol. The Bertz CT molecular complexity index is 1590. The molecule has 2 aromatic rings. The van der Waals surface area contributed by atoms with Crippen molar-refractivity contribution in [2.75, 3.05) is 6.61 Å². The number of aromatic nitrogens is 1. The van der Waals surface area contributed by atoms with E-state index in [2.05, 4.69) is 54.0 Å². The first-order chi connectivity index (χ1) is 24.5. The standard InChI is InChI=1S/C34H52N2O2.C2F6NO4S2/c1-6-7-8-15-19-30-22-25-36(26-23-30)24-16-13-11-9-10-12-14-17-27-38-33(37)35-34(4,5)32-21-18-20-31(28-32)29(2)3;3-1(4,5)14(10,11)9-15(12,13)2(6,7)8/h18,20-23,25-26,28H,2,6-17,19,24,27H2,1,3-5H3;/q;-1/p+1. The average Bonchev–Trinajstić information content (AvgIpc) is 3.05. The number of pyridine rings is 1. The van der Waals surface area contributed by atoms with E-state index in [1.807, 2.05) is 39.0 Å². The molecule has 0 aliphatic rings. The van der Waals surface area contributed by atoms with Crippen LogP contribution in [0.4, 0.5) is 31.1 Å². The maximum absolute atomic E-state index is 12.3. The van der Waals surface area contributed by atoms with Crippen molar-refractivity contribution in [1.29, 1.82) is 0 Å². The molecular formula is C36H53F6N3O6S2. The summed E-state index contributed by atoms with van der Waals surface area (Å²) in [5.74, 6) is 0. The van der Waals surface area contributed by atoms with Crippen LogP contribution in [0, 0.1) is 0 Å². The molecule has 1 aromatic carbocycles. The zero-order chi connectivity index (χ0) is 40.3. The number of carbonyl (C=O) groups is 1. The van der Waals surface area contributed by atoms with E-state index in [-0.39, 0.29) is 6.09 Å². The molecule has 0 aliphatic heterocycles. The Morgan fingerprint density at radius 3 is 1.81 bits per heavy atom. The Morgan fingerprint density at radius 2 is 1.30 bits per heavy atom. The van der Waals surface area contributed by atoms with Crippen molar-refractivity contribution in [3.8, 4) is 0 Å². The van der Waals surface area contributed by atoms with Crippen LogP contribution in [0.15, 0.2) is 55.4 Å². The Labute approximate surface area is 310 Å². The number of benzene rings is 1. The number of carbonyl (C=O) groups excluding carboxylic acids is 1. The smallest absolute Gasteiger partial charge is 0.450 e. The summed E-state index contributed by atoms with van der Waals surface area (Å²) in [6, 6.07) is 12.7. The SMILES string of the molecule is C=C(C)c1cccc(C(C)(C)NC(=O)OCCCCCCCCCC[n+]2ccc(CCCCCC)cc2)c1.O=S(=O)([N-]S(=O)(=O)C(F)(F)F)C(F)(F)F. The van der Waals surface area contributed by atoms with Gasteiger partial charge in [-0.25, -0.2) is 26.2 Å². The molecule has 0 spiro atoms. The van der Waals surface area contributed by atoms with Gasteiger partial charge in [0.05, 0.1) is 12.1 Å². The summed E-state index contributed by atoms with van der Waals surface area (Å²) in [5.41, 5.74) is -8.30. The Hall–Kier alpha value is -3.18. The van der Waals surface area contributed by atoms with Gasteiger partial charge in [0.25, 0.3) is 0 Å². The lowest BCUT2D eigenvalue weighted by molar-refractivity contribution is -0.697. The molecule has 2 rings (SSSR count). The summed E-state index contributed by atoms with van der Waals surface area (Å²) >= 11 is 0. The third-order valence-electron chi connectivity index (χ3n) is 8.10. The summed E-state index contributed by atoms with van der Waals surface area (Å²) in [7, 11) is -13.4. The maximum Gasteiger partial charge on any atom is 0.480 e. The van der Waals surface area contributed by atoms with E-state index < -0.39 is 36.6 Å². The number of unbranched alkanes of at least 4 members (excludes halogenated alkanes) is 10. The van der Waals surface area contributed by atoms with Gasteiger partial charge in [-0.15, -0.1) is 0 Å². The van der Waals surface area contributed by atoms with Crippen LogP contribution < -0.4 is 9.88 Å². The fraction of sp³-hybridized carbons (Fsp3) is 0.611. The summed E-state index contributed by atoms with van der Waals surface area (Å²) in [6.45, 7) is 13.8. The van der Waals surface area contributed by atoms with E-state index in [0.717, 1.165) is 40.2 Å². The van der Waals surface area contributed by atoms with Gasteiger partial charge >= 0.3 is 17.1 Å². The molecule has 53 heavy (non-hydrogen) atoms. The van der Waals surface area contributed by atoms with Gasteiger partial charge in [-0.2, -0.15) is 26.3 Å². The van der Waals surface area contributed by atoms with E-state index in [0.29, 0.717) is 6.61 Å². The molecule has 0 aliphatic carbocycles. The minimum atomic E-state index is -6.72. The number of nitrogens with zero attached hydrogens (tertiary/aromatic N) is 2. The highest BCUT2D eigenvalue weighted by Crippen LogP contribution is 2.36. The Kier molecular flexibility index (Phi) is 20.1. The lowest BCUT2D eigenvalue weighted by atomic mass is 9.92. The number of alkyl carbamates (subject to hydrolysis) is 1. The van der Waals surface area contributed by atoms with Crippen molar-refractivity contribution in [3.63, 3.8) is 0 Å². The van der Waals surface area contributed by atoms with Gasteiger partial charge < -0.3 is 14.2 Å². The lowest BCUT2D eigenvalue weighted by Gasteiger charge is -2.27. The van der Waals surface area contributed by atoms with Gasteiger partial charge in [0.1, 0.15) is 6.54 Å². The number of hydrogen-bond donors (Lipinski definition) is 1. The molecule has 1 aromatic heterocycles. The van der Waals surface area contributed by atoms with Gasteiger partial charge in [-0.05, 0) is 69.2 Å². The van der Waals surface area contributed by atoms with Crippen molar-refractivity contribution in [1.82, 2.24) is 5.32 Å². The molecule has 0 bridgehead atoms. The number of halogens is 6. The van der Waals surface area contributed by atoms with E-state index in [4.69, 9.17) is 4.74 Å². The predicted molar refractivity (Wildman–Crippen MR) is 193 cm³/mol. The second-order valence-electron chi connectivity index (χ2n) is 13.2. The van der Waals surface area contributed by atoms with Crippen molar-refractivity contribution in [2.45, 2.75) is 134 Å². The van der Waals surface area contributed by atoms with Crippen LogP contribution in [0.2, 0.25) is 0 Å². The molecule has 17 heteroatoms. The molecule has 0 fully saturated rings. The molecule has 0 radical (unpaired) electrons. The number of rotatable bonds is 21. The van der Waals surface area contributed by atoms with Gasteiger partial charge in [0.2, 0.25) is 0 Å². The minimum Gasteiger partial charge on any atom is -0.450 e. The first-order valence-corrected chi connectivity index (χ1v) is 20.5. The normalized spacial score (nSPS) is 12.5. The zero-order valence-electron chi connectivity index (χ0n) is 30.9. The van der Waals surface area contributed by atoms with Crippen molar-refractivity contribution in [2.24, 2.45) is 0 Å². The molecule has 0 unspecified atom stereocenters. The van der Waals surface area contributed by atoms with Gasteiger partial charge in [-0.3, -0.25) is 0 Å². The molecule has 1 N–H and O–H groups in total. The predicted octanol–water partition coefficient (Wildman–Crippen LogP) is 9.97. The number of alkyl halides is 6. The summed E-state index contributed by atoms with van der Waals surface area (Å²) in [5, 5.41) is 3.00. The maximum atomic E-state index is 12.3. The molecular weight excluding hydrogens is 749 g/mol. The molecule has 9 nitrogen and oxygen atoms in total. The van der Waals surface area contributed by atoms with Gasteiger partial charge in [0.15, 0.2) is 32.4 Å². The van der Waals surface area contributed by atoms with Crippen molar-refractivity contribution >= 4 is 31.7 Å². The number of sulfonamides is 2. The number of aryl methyl sites for hydroxylation is 2. The van der Waals surface area contributed by atoms with Crippen LogP contribution in [0.1, 0.15) is 121 Å². The fourth-order valence-corrected chi connectivity index (χ4v) is 6.64. The summed E-state index contributed by atoms with van der Waals surface area (Å²) in [6.07, 6.45) is 20.3. The molecule has 1 heterocycles. The Balaban J connectivity index is 0.000000787. The van der Waals surface area contributed by atoms with Crippen molar-refractivity contribution < 1.29 is 57.3 Å². The molecule has 0 saturated heterocycles. The van der Waals surface area contributed by atoms with Crippen LogP contribution >= 0.6 is 0 Å². The van der Waals surface area contributed by atoms with Crippen LogP contribution in [0.3, 0.4) is 0 Å². The first-order valence-electron chi connectivity index (χ1n) is 17.6. The second kappa shape index (κ2) is 22.3. The van der Waals surface area contributed by atoms with E-state index in [1.54, 1.807) is 0 Å². The largest absolute Gasteiger partial charge is 0.480 e. The number of allylic oxidation sites excluding steroid dienone is 1. The van der Waals surface area contributed by atoms with Gasteiger partial charge in [0, 0.05) is 18.6 Å².